The molecule has 2 rings (SSSR count). The molecule has 3 amide bonds. The largest absolute Gasteiger partial charge is 0.368 e. The highest BCUT2D eigenvalue weighted by Gasteiger charge is 2.21. The first-order valence-corrected chi connectivity index (χ1v) is 7.89. The van der Waals surface area contributed by atoms with Crippen LogP contribution < -0.4 is 16.4 Å². The van der Waals surface area contributed by atoms with Gasteiger partial charge in [0.1, 0.15) is 6.04 Å². The van der Waals surface area contributed by atoms with Gasteiger partial charge in [-0.15, -0.1) is 0 Å². The van der Waals surface area contributed by atoms with Crippen LogP contribution in [-0.4, -0.2) is 23.8 Å². The molecule has 0 saturated carbocycles. The Kier molecular flexibility index (Phi) is 5.89. The molecule has 0 radical (unpaired) electrons. The van der Waals surface area contributed by atoms with Gasteiger partial charge in [-0.2, -0.15) is 0 Å². The van der Waals surface area contributed by atoms with Crippen LogP contribution in [0.2, 0.25) is 0 Å². The molecule has 0 aliphatic carbocycles. The Morgan fingerprint density at radius 1 is 1.04 bits per heavy atom. The van der Waals surface area contributed by atoms with Crippen LogP contribution in [0.3, 0.4) is 0 Å². The molecule has 130 valence electrons. The van der Waals surface area contributed by atoms with Crippen LogP contribution >= 0.6 is 0 Å². The molecule has 0 unspecified atom stereocenters. The van der Waals surface area contributed by atoms with E-state index >= 15 is 0 Å². The van der Waals surface area contributed by atoms with Gasteiger partial charge in [-0.25, -0.2) is 0 Å². The molecule has 0 bridgehead atoms. The van der Waals surface area contributed by atoms with E-state index in [2.05, 4.69) is 10.6 Å². The van der Waals surface area contributed by atoms with Crippen molar-refractivity contribution in [1.29, 1.82) is 0 Å². The zero-order chi connectivity index (χ0) is 18.4. The zero-order valence-corrected chi connectivity index (χ0v) is 14.2. The molecule has 0 fully saturated rings. The second kappa shape index (κ2) is 8.10. The van der Waals surface area contributed by atoms with Crippen molar-refractivity contribution < 1.29 is 14.4 Å². The molecule has 2 aromatic carbocycles. The quantitative estimate of drug-likeness (QED) is 0.747. The maximum absolute atomic E-state index is 12.6. The Hall–Kier alpha value is -3.15. The van der Waals surface area contributed by atoms with E-state index in [4.69, 9.17) is 5.73 Å². The third-order valence-corrected chi connectivity index (χ3v) is 3.82. The molecule has 6 heteroatoms. The average molecular weight is 339 g/mol. The second-order valence-corrected chi connectivity index (χ2v) is 5.79. The Morgan fingerprint density at radius 2 is 1.68 bits per heavy atom. The normalized spacial score (nSPS) is 11.4. The highest BCUT2D eigenvalue weighted by atomic mass is 16.2. The Balaban J connectivity index is 2.20. The molecule has 6 nitrogen and oxygen atoms in total. The van der Waals surface area contributed by atoms with E-state index in [0.717, 1.165) is 11.1 Å². The number of rotatable bonds is 6. The number of hydrogen-bond acceptors (Lipinski definition) is 3. The van der Waals surface area contributed by atoms with E-state index in [1.807, 2.05) is 31.2 Å². The number of carbonyl (C=O) groups excluding carboxylic acids is 3. The number of carbonyl (C=O) groups is 3. The molecule has 0 saturated heterocycles. The summed E-state index contributed by atoms with van der Waals surface area (Å²) in [6, 6.07) is 13.3. The standard InChI is InChI=1S/C19H21N3O3/c1-12-7-3-4-8-14(12)11-17(18(20)24)22-19(25)15-9-5-6-10-16(15)21-13(2)23/h3-10,17H,11H2,1-2H3,(H2,20,24)(H,21,23)(H,22,25)/t17-/m0/s1. The molecule has 4 N–H and O–H groups in total. The predicted octanol–water partition coefficient (Wildman–Crippen LogP) is 1.78. The maximum atomic E-state index is 12.6. The minimum atomic E-state index is -0.848. The molecular weight excluding hydrogens is 318 g/mol. The zero-order valence-electron chi connectivity index (χ0n) is 14.2. The van der Waals surface area contributed by atoms with Gasteiger partial charge in [0, 0.05) is 13.3 Å². The molecular formula is C19H21N3O3. The fourth-order valence-electron chi connectivity index (χ4n) is 2.50. The van der Waals surface area contributed by atoms with Crippen LogP contribution in [0, 0.1) is 6.92 Å². The minimum absolute atomic E-state index is 0.272. The van der Waals surface area contributed by atoms with Gasteiger partial charge in [-0.3, -0.25) is 14.4 Å². The Bertz CT molecular complexity index is 802. The highest BCUT2D eigenvalue weighted by Crippen LogP contribution is 2.16. The van der Waals surface area contributed by atoms with Crippen LogP contribution in [-0.2, 0) is 16.0 Å². The van der Waals surface area contributed by atoms with Crippen molar-refractivity contribution in [2.24, 2.45) is 5.73 Å². The van der Waals surface area contributed by atoms with Gasteiger partial charge in [0.15, 0.2) is 0 Å². The van der Waals surface area contributed by atoms with Crippen molar-refractivity contribution in [3.05, 3.63) is 65.2 Å². The van der Waals surface area contributed by atoms with Gasteiger partial charge in [0.25, 0.3) is 5.91 Å². The average Bonchev–Trinajstić information content (AvgIpc) is 2.55. The van der Waals surface area contributed by atoms with Crippen LogP contribution in [0.25, 0.3) is 0 Å². The lowest BCUT2D eigenvalue weighted by Gasteiger charge is -2.18. The SMILES string of the molecule is CC(=O)Nc1ccccc1C(=O)N[C@@H](Cc1ccccc1C)C(N)=O. The lowest BCUT2D eigenvalue weighted by atomic mass is 10.0. The molecule has 0 aliphatic heterocycles. The van der Waals surface area contributed by atoms with E-state index in [1.54, 1.807) is 24.3 Å². The summed E-state index contributed by atoms with van der Waals surface area (Å²) in [6.45, 7) is 3.29. The van der Waals surface area contributed by atoms with E-state index in [9.17, 15) is 14.4 Å². The van der Waals surface area contributed by atoms with Crippen molar-refractivity contribution in [3.8, 4) is 0 Å². The van der Waals surface area contributed by atoms with Crippen molar-refractivity contribution in [2.75, 3.05) is 5.32 Å². The van der Waals surface area contributed by atoms with Gasteiger partial charge < -0.3 is 16.4 Å². The van der Waals surface area contributed by atoms with Crippen molar-refractivity contribution >= 4 is 23.4 Å². The van der Waals surface area contributed by atoms with Gasteiger partial charge >= 0.3 is 0 Å². The molecule has 0 aromatic heterocycles. The molecule has 0 aliphatic rings. The number of anilines is 1. The number of primary amides is 1. The number of hydrogen-bond donors (Lipinski definition) is 3. The molecule has 1 atom stereocenters. The fourth-order valence-corrected chi connectivity index (χ4v) is 2.50. The summed E-state index contributed by atoms with van der Waals surface area (Å²) in [6.07, 6.45) is 0.302. The minimum Gasteiger partial charge on any atom is -0.368 e. The van der Waals surface area contributed by atoms with Gasteiger partial charge in [0.2, 0.25) is 11.8 Å². The number of nitrogens with one attached hydrogen (secondary N) is 2. The van der Waals surface area contributed by atoms with E-state index in [0.29, 0.717) is 12.1 Å². The summed E-state index contributed by atoms with van der Waals surface area (Å²) < 4.78 is 0. The van der Waals surface area contributed by atoms with Gasteiger partial charge in [-0.05, 0) is 30.2 Å². The van der Waals surface area contributed by atoms with Crippen LogP contribution in [0.15, 0.2) is 48.5 Å². The topological polar surface area (TPSA) is 101 Å². The van der Waals surface area contributed by atoms with Crippen LogP contribution in [0.4, 0.5) is 5.69 Å². The summed E-state index contributed by atoms with van der Waals surface area (Å²) in [5.74, 6) is -1.37. The highest BCUT2D eigenvalue weighted by molar-refractivity contribution is 6.04. The smallest absolute Gasteiger partial charge is 0.254 e. The van der Waals surface area contributed by atoms with Crippen molar-refractivity contribution in [1.82, 2.24) is 5.32 Å². The van der Waals surface area contributed by atoms with Crippen molar-refractivity contribution in [3.63, 3.8) is 0 Å². The Morgan fingerprint density at radius 3 is 2.32 bits per heavy atom. The van der Waals surface area contributed by atoms with Crippen LogP contribution in [0.1, 0.15) is 28.4 Å². The fraction of sp³-hybridized carbons (Fsp3) is 0.211. The third-order valence-electron chi connectivity index (χ3n) is 3.82. The summed E-state index contributed by atoms with van der Waals surface area (Å²) in [4.78, 5) is 35.6. The van der Waals surface area contributed by atoms with Gasteiger partial charge in [0.05, 0.1) is 11.3 Å². The lowest BCUT2D eigenvalue weighted by Crippen LogP contribution is -2.46. The Labute approximate surface area is 146 Å². The second-order valence-electron chi connectivity index (χ2n) is 5.79. The summed E-state index contributed by atoms with van der Waals surface area (Å²) in [7, 11) is 0. The molecule has 0 heterocycles. The summed E-state index contributed by atoms with van der Waals surface area (Å²) in [5, 5.41) is 5.26. The summed E-state index contributed by atoms with van der Waals surface area (Å²) >= 11 is 0. The van der Waals surface area contributed by atoms with Crippen molar-refractivity contribution in [2.45, 2.75) is 26.3 Å². The number of para-hydroxylation sites is 1. The number of benzene rings is 2. The first-order valence-electron chi connectivity index (χ1n) is 7.89. The van der Waals surface area contributed by atoms with Crippen LogP contribution in [0.5, 0.6) is 0 Å². The van der Waals surface area contributed by atoms with E-state index in [-0.39, 0.29) is 11.5 Å². The molecule has 0 spiro atoms. The lowest BCUT2D eigenvalue weighted by molar-refractivity contribution is -0.119. The number of amides is 3. The first-order chi connectivity index (χ1) is 11.9. The third kappa shape index (κ3) is 4.91. The predicted molar refractivity (Wildman–Crippen MR) is 96.1 cm³/mol. The molecule has 25 heavy (non-hydrogen) atoms. The number of nitrogens with two attached hydrogens (primary N) is 1. The number of aryl methyl sites for hydroxylation is 1. The molecule has 2 aromatic rings. The van der Waals surface area contributed by atoms with E-state index < -0.39 is 17.9 Å². The monoisotopic (exact) mass is 339 g/mol. The van der Waals surface area contributed by atoms with E-state index in [1.165, 1.54) is 6.92 Å². The first kappa shape index (κ1) is 18.2. The summed E-state index contributed by atoms with van der Waals surface area (Å²) in [5.41, 5.74) is 8.06. The van der Waals surface area contributed by atoms with Gasteiger partial charge in [-0.1, -0.05) is 36.4 Å². The maximum Gasteiger partial charge on any atom is 0.254 e.